The van der Waals surface area contributed by atoms with Gasteiger partial charge >= 0.3 is 0 Å². The Labute approximate surface area is 125 Å². The smallest absolute Gasteiger partial charge is 0.263 e. The van der Waals surface area contributed by atoms with Crippen molar-refractivity contribution < 1.29 is 4.79 Å². The van der Waals surface area contributed by atoms with Gasteiger partial charge in [0.05, 0.1) is 5.02 Å². The Morgan fingerprint density at radius 3 is 2.53 bits per heavy atom. The van der Waals surface area contributed by atoms with Crippen molar-refractivity contribution in [1.29, 1.82) is 0 Å². The Morgan fingerprint density at radius 1 is 1.32 bits per heavy atom. The van der Waals surface area contributed by atoms with Crippen LogP contribution >= 0.6 is 35.2 Å². The fraction of sp³-hybridized carbons (Fsp3) is 0.0769. The summed E-state index contributed by atoms with van der Waals surface area (Å²) in [6, 6.07) is 9.14. The van der Waals surface area contributed by atoms with Crippen LogP contribution in [0, 0.1) is 0 Å². The van der Waals surface area contributed by atoms with Crippen LogP contribution in [0.15, 0.2) is 35.7 Å². The first-order valence-electron chi connectivity index (χ1n) is 5.48. The van der Waals surface area contributed by atoms with Crippen molar-refractivity contribution >= 4 is 46.1 Å². The molecule has 2 aromatic rings. The molecule has 0 aliphatic rings. The Balaban J connectivity index is 1.97. The average Bonchev–Trinajstić information content (AvgIpc) is 2.83. The number of hydrogen-bond acceptors (Lipinski definition) is 3. The van der Waals surface area contributed by atoms with Crippen LogP contribution in [0.25, 0.3) is 0 Å². The number of nitrogens with two attached hydrogens (primary N) is 1. The zero-order valence-corrected chi connectivity index (χ0v) is 12.2. The summed E-state index contributed by atoms with van der Waals surface area (Å²) in [4.78, 5) is 12.7. The summed E-state index contributed by atoms with van der Waals surface area (Å²) in [6.45, 7) is 0.435. The number of halogens is 1. The van der Waals surface area contributed by atoms with Crippen molar-refractivity contribution in [2.24, 2.45) is 5.73 Å². The van der Waals surface area contributed by atoms with Gasteiger partial charge in [-0.2, -0.15) is 0 Å². The highest BCUT2D eigenvalue weighted by molar-refractivity contribution is 7.80. The van der Waals surface area contributed by atoms with Gasteiger partial charge in [-0.15, -0.1) is 11.3 Å². The quantitative estimate of drug-likeness (QED) is 0.854. The lowest BCUT2D eigenvalue weighted by atomic mass is 10.1. The normalized spacial score (nSPS) is 10.2. The van der Waals surface area contributed by atoms with E-state index >= 15 is 0 Å². The molecule has 0 saturated carbocycles. The summed E-state index contributed by atoms with van der Waals surface area (Å²) < 4.78 is 0. The second kappa shape index (κ2) is 6.14. The molecule has 0 aliphatic carbocycles. The lowest BCUT2D eigenvalue weighted by Crippen LogP contribution is -2.22. The molecule has 19 heavy (non-hydrogen) atoms. The molecule has 0 bridgehead atoms. The predicted octanol–water partition coefficient (Wildman–Crippen LogP) is 2.97. The third kappa shape index (κ3) is 3.53. The van der Waals surface area contributed by atoms with Crippen LogP contribution in [0.1, 0.15) is 20.8 Å². The van der Waals surface area contributed by atoms with E-state index in [1.807, 2.05) is 24.3 Å². The number of carbonyl (C=O) groups excluding carboxylic acids is 1. The Kier molecular flexibility index (Phi) is 4.52. The molecule has 3 nitrogen and oxygen atoms in total. The van der Waals surface area contributed by atoms with Gasteiger partial charge < -0.3 is 11.1 Å². The van der Waals surface area contributed by atoms with E-state index < -0.39 is 0 Å². The molecule has 0 radical (unpaired) electrons. The summed E-state index contributed by atoms with van der Waals surface area (Å²) in [7, 11) is 0. The first-order valence-corrected chi connectivity index (χ1v) is 7.14. The minimum atomic E-state index is -0.168. The molecule has 1 aromatic heterocycles. The highest BCUT2D eigenvalue weighted by Crippen LogP contribution is 2.21. The van der Waals surface area contributed by atoms with Gasteiger partial charge in [-0.05, 0) is 17.0 Å². The van der Waals surface area contributed by atoms with E-state index in [1.54, 1.807) is 11.4 Å². The Hall–Kier alpha value is -1.43. The highest BCUT2D eigenvalue weighted by Gasteiger charge is 2.11. The third-order valence-electron chi connectivity index (χ3n) is 2.51. The topological polar surface area (TPSA) is 55.1 Å². The van der Waals surface area contributed by atoms with Crippen molar-refractivity contribution in [3.05, 3.63) is 56.7 Å². The molecule has 1 aromatic carbocycles. The molecule has 0 saturated heterocycles. The Morgan fingerprint density at radius 2 is 2.00 bits per heavy atom. The van der Waals surface area contributed by atoms with E-state index in [0.29, 0.717) is 21.4 Å². The molecule has 0 spiro atoms. The molecule has 0 fully saturated rings. The first kappa shape index (κ1) is 14.0. The van der Waals surface area contributed by atoms with Crippen LogP contribution in [0.5, 0.6) is 0 Å². The van der Waals surface area contributed by atoms with Crippen molar-refractivity contribution in [2.45, 2.75) is 6.54 Å². The average molecular weight is 311 g/mol. The molecule has 0 unspecified atom stereocenters. The number of nitrogens with one attached hydrogen (secondary N) is 1. The Bertz CT molecular complexity index is 607. The van der Waals surface area contributed by atoms with Crippen LogP contribution in [0.2, 0.25) is 5.02 Å². The van der Waals surface area contributed by atoms with Crippen molar-refractivity contribution in [3.8, 4) is 0 Å². The second-order valence-electron chi connectivity index (χ2n) is 3.84. The molecular formula is C13H11ClN2OS2. The second-order valence-corrected chi connectivity index (χ2v) is 5.60. The maximum atomic E-state index is 11.8. The predicted molar refractivity (Wildman–Crippen MR) is 82.8 cm³/mol. The summed E-state index contributed by atoms with van der Waals surface area (Å²) in [6.07, 6.45) is 0. The van der Waals surface area contributed by atoms with Crippen molar-refractivity contribution in [3.63, 3.8) is 0 Å². The molecule has 6 heteroatoms. The molecular weight excluding hydrogens is 300 g/mol. The minimum Gasteiger partial charge on any atom is -0.389 e. The fourth-order valence-electron chi connectivity index (χ4n) is 1.51. The summed E-state index contributed by atoms with van der Waals surface area (Å²) in [5, 5.41) is 5.08. The molecule has 98 valence electrons. The number of carbonyl (C=O) groups is 1. The SMILES string of the molecule is NC(=S)c1ccc(CNC(=O)c2sccc2Cl)cc1. The largest absolute Gasteiger partial charge is 0.389 e. The maximum absolute atomic E-state index is 11.8. The van der Waals surface area contributed by atoms with E-state index in [0.717, 1.165) is 11.1 Å². The molecule has 0 aliphatic heterocycles. The maximum Gasteiger partial charge on any atom is 0.263 e. The number of thiocarbonyl (C=S) groups is 1. The van der Waals surface area contributed by atoms with Crippen LogP contribution in [0.3, 0.4) is 0 Å². The van der Waals surface area contributed by atoms with Crippen LogP contribution < -0.4 is 11.1 Å². The van der Waals surface area contributed by atoms with Crippen LogP contribution in [-0.2, 0) is 6.54 Å². The van der Waals surface area contributed by atoms with Gasteiger partial charge in [0, 0.05) is 12.1 Å². The third-order valence-corrected chi connectivity index (χ3v) is 4.09. The van der Waals surface area contributed by atoms with E-state index in [-0.39, 0.29) is 5.91 Å². The summed E-state index contributed by atoms with van der Waals surface area (Å²) in [5.74, 6) is -0.168. The summed E-state index contributed by atoms with van der Waals surface area (Å²) >= 11 is 12.1. The molecule has 1 amide bonds. The number of rotatable bonds is 4. The van der Waals surface area contributed by atoms with Gasteiger partial charge in [0.15, 0.2) is 0 Å². The first-order chi connectivity index (χ1) is 9.08. The molecule has 1 heterocycles. The van der Waals surface area contributed by atoms with Gasteiger partial charge in [-0.25, -0.2) is 0 Å². The monoisotopic (exact) mass is 310 g/mol. The highest BCUT2D eigenvalue weighted by atomic mass is 35.5. The van der Waals surface area contributed by atoms with Gasteiger partial charge in [0.2, 0.25) is 0 Å². The number of benzene rings is 1. The van der Waals surface area contributed by atoms with Gasteiger partial charge in [0.1, 0.15) is 9.87 Å². The standard InChI is InChI=1S/C13H11ClN2OS2/c14-10-5-6-19-11(10)13(17)16-7-8-1-3-9(4-2-8)12(15)18/h1-6H,7H2,(H2,15,18)(H,16,17). The fourth-order valence-corrected chi connectivity index (χ4v) is 2.70. The number of hydrogen-bond donors (Lipinski definition) is 2. The van der Waals surface area contributed by atoms with Gasteiger partial charge in [-0.3, -0.25) is 4.79 Å². The van der Waals surface area contributed by atoms with E-state index in [4.69, 9.17) is 29.6 Å². The van der Waals surface area contributed by atoms with E-state index in [9.17, 15) is 4.79 Å². The van der Waals surface area contributed by atoms with Crippen molar-refractivity contribution in [2.75, 3.05) is 0 Å². The molecule has 2 rings (SSSR count). The van der Waals surface area contributed by atoms with Crippen LogP contribution in [0.4, 0.5) is 0 Å². The van der Waals surface area contributed by atoms with Crippen LogP contribution in [-0.4, -0.2) is 10.9 Å². The number of amides is 1. The number of thiophene rings is 1. The van der Waals surface area contributed by atoms with Crippen molar-refractivity contribution in [1.82, 2.24) is 5.32 Å². The zero-order valence-electron chi connectivity index (χ0n) is 9.85. The summed E-state index contributed by atoms with van der Waals surface area (Å²) in [5.41, 5.74) is 7.30. The molecule has 0 atom stereocenters. The van der Waals surface area contributed by atoms with Gasteiger partial charge in [-0.1, -0.05) is 48.1 Å². The van der Waals surface area contributed by atoms with Gasteiger partial charge in [0.25, 0.3) is 5.91 Å². The lowest BCUT2D eigenvalue weighted by Gasteiger charge is -2.05. The minimum absolute atomic E-state index is 0.168. The molecule has 3 N–H and O–H groups in total. The van der Waals surface area contributed by atoms with E-state index in [1.165, 1.54) is 11.3 Å². The lowest BCUT2D eigenvalue weighted by molar-refractivity contribution is 0.0955. The zero-order chi connectivity index (χ0) is 13.8. The van der Waals surface area contributed by atoms with E-state index in [2.05, 4.69) is 5.32 Å².